The van der Waals surface area contributed by atoms with Gasteiger partial charge >= 0.3 is 0 Å². The topological polar surface area (TPSA) is 34.9 Å². The number of hydrogen-bond donors (Lipinski definition) is 0. The Morgan fingerprint density at radius 3 is 2.64 bits per heavy atom. The van der Waals surface area contributed by atoms with Gasteiger partial charge in [-0.05, 0) is 36.8 Å². The number of fused-ring (bicyclic) bond motifs is 1. The third-order valence-electron chi connectivity index (χ3n) is 4.38. The number of aryl methyl sites for hydroxylation is 1. The summed E-state index contributed by atoms with van der Waals surface area (Å²) in [6.45, 7) is 2.64. The van der Waals surface area contributed by atoms with Gasteiger partial charge in [-0.3, -0.25) is 9.78 Å². The zero-order valence-electron chi connectivity index (χ0n) is 14.0. The molecule has 0 saturated carbocycles. The molecule has 0 amide bonds. The monoisotopic (exact) mass is 326 g/mol. The average molecular weight is 326 g/mol. The molecule has 4 rings (SSSR count). The first kappa shape index (κ1) is 15.3. The zero-order chi connectivity index (χ0) is 17.2. The van der Waals surface area contributed by atoms with Crippen LogP contribution < -0.4 is 0 Å². The van der Waals surface area contributed by atoms with Crippen molar-refractivity contribution in [3.05, 3.63) is 102 Å². The van der Waals surface area contributed by atoms with Crippen molar-refractivity contribution in [2.45, 2.75) is 13.5 Å². The van der Waals surface area contributed by atoms with Gasteiger partial charge in [0.1, 0.15) is 0 Å². The van der Waals surface area contributed by atoms with Crippen LogP contribution in [0.5, 0.6) is 0 Å². The number of para-hydroxylation sites is 1. The van der Waals surface area contributed by atoms with Crippen molar-refractivity contribution in [2.75, 3.05) is 0 Å². The summed E-state index contributed by atoms with van der Waals surface area (Å²) in [4.78, 5) is 17.3. The molecule has 3 heteroatoms. The Labute approximate surface area is 146 Å². The Morgan fingerprint density at radius 2 is 1.80 bits per heavy atom. The van der Waals surface area contributed by atoms with Gasteiger partial charge in [0.25, 0.3) is 0 Å². The smallest absolute Gasteiger partial charge is 0.209 e. The third kappa shape index (κ3) is 3.09. The van der Waals surface area contributed by atoms with Gasteiger partial charge in [0.15, 0.2) is 0 Å². The normalized spacial score (nSPS) is 10.9. The number of pyridine rings is 1. The van der Waals surface area contributed by atoms with Crippen LogP contribution in [0.15, 0.2) is 79.1 Å². The molecule has 2 heterocycles. The maximum absolute atomic E-state index is 12.8. The molecule has 0 aliphatic carbocycles. The van der Waals surface area contributed by atoms with E-state index in [0.717, 1.165) is 22.0 Å². The predicted molar refractivity (Wildman–Crippen MR) is 99.9 cm³/mol. The second-order valence-electron chi connectivity index (χ2n) is 6.25. The average Bonchev–Trinajstić information content (AvgIpc) is 3.10. The SMILES string of the molecule is Cc1ccc(C(=O)c2cccn2Cc2cnc3ccccc3c2)cc1. The summed E-state index contributed by atoms with van der Waals surface area (Å²) in [5.41, 5.74) is 4.61. The summed E-state index contributed by atoms with van der Waals surface area (Å²) in [6, 6.07) is 21.7. The third-order valence-corrected chi connectivity index (χ3v) is 4.38. The van der Waals surface area contributed by atoms with Gasteiger partial charge in [0.2, 0.25) is 5.78 Å². The van der Waals surface area contributed by atoms with Crippen molar-refractivity contribution < 1.29 is 4.79 Å². The number of ketones is 1. The van der Waals surface area contributed by atoms with Gasteiger partial charge < -0.3 is 4.57 Å². The lowest BCUT2D eigenvalue weighted by Gasteiger charge is -2.09. The van der Waals surface area contributed by atoms with Gasteiger partial charge in [0, 0.05) is 29.9 Å². The van der Waals surface area contributed by atoms with E-state index in [9.17, 15) is 4.79 Å². The van der Waals surface area contributed by atoms with E-state index in [0.29, 0.717) is 17.8 Å². The van der Waals surface area contributed by atoms with Crippen LogP contribution in [0.1, 0.15) is 27.2 Å². The summed E-state index contributed by atoms with van der Waals surface area (Å²) in [5, 5.41) is 1.11. The predicted octanol–water partition coefficient (Wildman–Crippen LogP) is 4.62. The highest BCUT2D eigenvalue weighted by Crippen LogP contribution is 2.17. The van der Waals surface area contributed by atoms with Crippen molar-refractivity contribution in [2.24, 2.45) is 0 Å². The Kier molecular flexibility index (Phi) is 3.90. The van der Waals surface area contributed by atoms with E-state index < -0.39 is 0 Å². The molecule has 122 valence electrons. The lowest BCUT2D eigenvalue weighted by Crippen LogP contribution is -2.10. The molecule has 3 nitrogen and oxygen atoms in total. The number of aromatic nitrogens is 2. The van der Waals surface area contributed by atoms with Crippen molar-refractivity contribution in [1.82, 2.24) is 9.55 Å². The minimum absolute atomic E-state index is 0.0405. The van der Waals surface area contributed by atoms with Crippen LogP contribution in [0.25, 0.3) is 10.9 Å². The lowest BCUT2D eigenvalue weighted by molar-refractivity contribution is 0.103. The highest BCUT2D eigenvalue weighted by molar-refractivity contribution is 6.08. The molecule has 25 heavy (non-hydrogen) atoms. The van der Waals surface area contributed by atoms with Gasteiger partial charge in [-0.2, -0.15) is 0 Å². The summed E-state index contributed by atoms with van der Waals surface area (Å²) in [7, 11) is 0. The van der Waals surface area contributed by atoms with Gasteiger partial charge in [0.05, 0.1) is 11.2 Å². The molecular formula is C22H18N2O. The van der Waals surface area contributed by atoms with Gasteiger partial charge in [-0.1, -0.05) is 48.0 Å². The van der Waals surface area contributed by atoms with Crippen LogP contribution in [0, 0.1) is 6.92 Å². The molecule has 4 aromatic rings. The molecule has 2 aromatic carbocycles. The van der Waals surface area contributed by atoms with E-state index in [4.69, 9.17) is 0 Å². The Balaban J connectivity index is 1.64. The fourth-order valence-corrected chi connectivity index (χ4v) is 3.01. The molecule has 0 fully saturated rings. The number of hydrogen-bond acceptors (Lipinski definition) is 2. The van der Waals surface area contributed by atoms with Crippen molar-refractivity contribution in [3.8, 4) is 0 Å². The minimum atomic E-state index is 0.0405. The van der Waals surface area contributed by atoms with Crippen LogP contribution in [-0.2, 0) is 6.54 Å². The maximum Gasteiger partial charge on any atom is 0.209 e. The Hall–Kier alpha value is -3.20. The molecule has 2 aromatic heterocycles. The lowest BCUT2D eigenvalue weighted by atomic mass is 10.1. The molecule has 0 saturated heterocycles. The largest absolute Gasteiger partial charge is 0.340 e. The molecule has 0 aliphatic rings. The highest BCUT2D eigenvalue weighted by Gasteiger charge is 2.13. The standard InChI is InChI=1S/C22H18N2O/c1-16-8-10-18(11-9-16)22(25)21-7-4-12-24(21)15-17-13-19-5-2-3-6-20(19)23-14-17/h2-14H,15H2,1H3. The number of benzene rings is 2. The first-order chi connectivity index (χ1) is 12.2. The van der Waals surface area contributed by atoms with E-state index in [1.165, 1.54) is 0 Å². The summed E-state index contributed by atoms with van der Waals surface area (Å²) in [6.07, 6.45) is 3.82. The van der Waals surface area contributed by atoms with Crippen molar-refractivity contribution in [1.29, 1.82) is 0 Å². The molecule has 0 aliphatic heterocycles. The van der Waals surface area contributed by atoms with E-state index in [1.807, 2.05) is 78.5 Å². The van der Waals surface area contributed by atoms with Crippen molar-refractivity contribution in [3.63, 3.8) is 0 Å². The number of carbonyl (C=O) groups is 1. The molecule has 0 spiro atoms. The number of carbonyl (C=O) groups excluding carboxylic acids is 1. The van der Waals surface area contributed by atoms with Gasteiger partial charge in [-0.25, -0.2) is 0 Å². The molecule has 0 N–H and O–H groups in total. The Bertz CT molecular complexity index is 1050. The Morgan fingerprint density at radius 1 is 1.00 bits per heavy atom. The number of rotatable bonds is 4. The molecule has 0 bridgehead atoms. The highest BCUT2D eigenvalue weighted by atomic mass is 16.1. The molecule has 0 radical (unpaired) electrons. The quantitative estimate of drug-likeness (QED) is 0.513. The number of nitrogens with zero attached hydrogens (tertiary/aromatic N) is 2. The molecular weight excluding hydrogens is 308 g/mol. The minimum Gasteiger partial charge on any atom is -0.340 e. The first-order valence-corrected chi connectivity index (χ1v) is 8.31. The fourth-order valence-electron chi connectivity index (χ4n) is 3.01. The summed E-state index contributed by atoms with van der Waals surface area (Å²) >= 11 is 0. The molecule has 0 atom stereocenters. The van der Waals surface area contributed by atoms with E-state index in [-0.39, 0.29) is 5.78 Å². The van der Waals surface area contributed by atoms with Crippen LogP contribution in [0.4, 0.5) is 0 Å². The van der Waals surface area contributed by atoms with Crippen LogP contribution in [-0.4, -0.2) is 15.3 Å². The summed E-state index contributed by atoms with van der Waals surface area (Å²) < 4.78 is 1.98. The first-order valence-electron chi connectivity index (χ1n) is 8.31. The second-order valence-corrected chi connectivity index (χ2v) is 6.25. The second kappa shape index (κ2) is 6.36. The van der Waals surface area contributed by atoms with E-state index in [1.54, 1.807) is 0 Å². The van der Waals surface area contributed by atoms with E-state index in [2.05, 4.69) is 17.1 Å². The van der Waals surface area contributed by atoms with Crippen LogP contribution >= 0.6 is 0 Å². The van der Waals surface area contributed by atoms with Crippen LogP contribution in [0.3, 0.4) is 0 Å². The van der Waals surface area contributed by atoms with E-state index >= 15 is 0 Å². The molecule has 0 unspecified atom stereocenters. The fraction of sp³-hybridized carbons (Fsp3) is 0.0909. The van der Waals surface area contributed by atoms with Crippen molar-refractivity contribution >= 4 is 16.7 Å². The summed E-state index contributed by atoms with van der Waals surface area (Å²) in [5.74, 6) is 0.0405. The van der Waals surface area contributed by atoms with Gasteiger partial charge in [-0.15, -0.1) is 0 Å². The van der Waals surface area contributed by atoms with Crippen LogP contribution in [0.2, 0.25) is 0 Å². The maximum atomic E-state index is 12.8. The zero-order valence-corrected chi connectivity index (χ0v) is 14.0.